The number of benzene rings is 2. The molecule has 2 aromatic rings. The van der Waals surface area contributed by atoms with Gasteiger partial charge in [0.2, 0.25) is 21.8 Å². The number of carbonyl (C=O) groups is 2. The van der Waals surface area contributed by atoms with Crippen molar-refractivity contribution >= 4 is 27.5 Å². The molecule has 1 atom stereocenters. The first kappa shape index (κ1) is 29.3. The molecule has 0 radical (unpaired) electrons. The summed E-state index contributed by atoms with van der Waals surface area (Å²) >= 11 is 0. The van der Waals surface area contributed by atoms with Crippen molar-refractivity contribution in [3.05, 3.63) is 65.0 Å². The Morgan fingerprint density at radius 3 is 2.36 bits per heavy atom. The van der Waals surface area contributed by atoms with Crippen molar-refractivity contribution in [2.45, 2.75) is 66.0 Å². The number of rotatable bonds is 13. The van der Waals surface area contributed by atoms with Crippen LogP contribution in [0.25, 0.3) is 0 Å². The molecule has 1 N–H and O–H groups in total. The number of hydrogen-bond acceptors (Lipinski definition) is 4. The van der Waals surface area contributed by atoms with Crippen LogP contribution in [0.3, 0.4) is 0 Å². The number of amides is 2. The standard InChI is InChI=1S/C27H38FN3O4S/c1-6-7-16-29-27(33)22(4)30(19-23-11-8-9-12-25(23)28)26(32)13-10-17-31(36(5,34)35)24-15-14-20(2)21(3)18-24/h8-9,11-12,14-15,18,22H,6-7,10,13,16-17,19H2,1-5H3,(H,29,33). The minimum atomic E-state index is -3.57. The largest absolute Gasteiger partial charge is 0.354 e. The van der Waals surface area contributed by atoms with E-state index in [0.717, 1.165) is 30.2 Å². The van der Waals surface area contributed by atoms with E-state index < -0.39 is 21.9 Å². The SMILES string of the molecule is CCCCNC(=O)C(C)N(Cc1ccccc1F)C(=O)CCCN(c1ccc(C)c(C)c1)S(C)(=O)=O. The van der Waals surface area contributed by atoms with Crippen LogP contribution in [0.15, 0.2) is 42.5 Å². The van der Waals surface area contributed by atoms with Gasteiger partial charge < -0.3 is 10.2 Å². The van der Waals surface area contributed by atoms with E-state index >= 15 is 0 Å². The molecular formula is C27H38FN3O4S. The van der Waals surface area contributed by atoms with Gasteiger partial charge in [-0.2, -0.15) is 0 Å². The second kappa shape index (κ2) is 13.4. The van der Waals surface area contributed by atoms with Gasteiger partial charge in [0, 0.05) is 31.6 Å². The maximum Gasteiger partial charge on any atom is 0.242 e. The Balaban J connectivity index is 2.17. The number of nitrogens with zero attached hydrogens (tertiary/aromatic N) is 2. The summed E-state index contributed by atoms with van der Waals surface area (Å²) in [5.41, 5.74) is 2.88. The van der Waals surface area contributed by atoms with Crippen LogP contribution < -0.4 is 9.62 Å². The number of nitrogens with one attached hydrogen (secondary N) is 1. The van der Waals surface area contributed by atoms with Crippen LogP contribution in [-0.4, -0.2) is 50.5 Å². The van der Waals surface area contributed by atoms with Crippen molar-refractivity contribution in [2.75, 3.05) is 23.7 Å². The molecule has 0 aliphatic heterocycles. The summed E-state index contributed by atoms with van der Waals surface area (Å²) in [6.07, 6.45) is 3.13. The molecule has 2 aromatic carbocycles. The lowest BCUT2D eigenvalue weighted by atomic mass is 10.1. The number of anilines is 1. The van der Waals surface area contributed by atoms with E-state index in [4.69, 9.17) is 0 Å². The topological polar surface area (TPSA) is 86.8 Å². The number of carbonyl (C=O) groups excluding carboxylic acids is 2. The van der Waals surface area contributed by atoms with Gasteiger partial charge in [-0.25, -0.2) is 12.8 Å². The third-order valence-corrected chi connectivity index (χ3v) is 7.42. The van der Waals surface area contributed by atoms with Crippen LogP contribution >= 0.6 is 0 Å². The highest BCUT2D eigenvalue weighted by molar-refractivity contribution is 7.92. The molecular weight excluding hydrogens is 481 g/mol. The molecule has 9 heteroatoms. The molecule has 0 saturated heterocycles. The molecule has 198 valence electrons. The number of sulfonamides is 1. The molecule has 1 unspecified atom stereocenters. The van der Waals surface area contributed by atoms with Gasteiger partial charge in [0.1, 0.15) is 11.9 Å². The molecule has 36 heavy (non-hydrogen) atoms. The number of hydrogen-bond donors (Lipinski definition) is 1. The van der Waals surface area contributed by atoms with Gasteiger partial charge in [0.25, 0.3) is 0 Å². The van der Waals surface area contributed by atoms with Gasteiger partial charge in [-0.15, -0.1) is 0 Å². The highest BCUT2D eigenvalue weighted by atomic mass is 32.2. The fourth-order valence-corrected chi connectivity index (χ4v) is 4.77. The van der Waals surface area contributed by atoms with Crippen molar-refractivity contribution in [3.63, 3.8) is 0 Å². The van der Waals surface area contributed by atoms with E-state index in [2.05, 4.69) is 5.32 Å². The van der Waals surface area contributed by atoms with E-state index in [1.165, 1.54) is 15.3 Å². The van der Waals surface area contributed by atoms with Crippen molar-refractivity contribution < 1.29 is 22.4 Å². The van der Waals surface area contributed by atoms with E-state index in [-0.39, 0.29) is 37.7 Å². The first-order chi connectivity index (χ1) is 17.0. The zero-order valence-corrected chi connectivity index (χ0v) is 22.7. The Morgan fingerprint density at radius 2 is 1.75 bits per heavy atom. The van der Waals surface area contributed by atoms with Gasteiger partial charge >= 0.3 is 0 Å². The van der Waals surface area contributed by atoms with E-state index in [1.54, 1.807) is 31.2 Å². The Morgan fingerprint density at radius 1 is 1.06 bits per heavy atom. The quantitative estimate of drug-likeness (QED) is 0.399. The van der Waals surface area contributed by atoms with Gasteiger partial charge in [0.05, 0.1) is 11.9 Å². The predicted octanol–water partition coefficient (Wildman–Crippen LogP) is 4.32. The average molecular weight is 520 g/mol. The van der Waals surface area contributed by atoms with Crippen LogP contribution in [0.2, 0.25) is 0 Å². The highest BCUT2D eigenvalue weighted by Gasteiger charge is 2.27. The normalized spacial score (nSPS) is 12.2. The van der Waals surface area contributed by atoms with E-state index in [0.29, 0.717) is 17.8 Å². The monoisotopic (exact) mass is 519 g/mol. The molecule has 0 spiro atoms. The maximum absolute atomic E-state index is 14.4. The lowest BCUT2D eigenvalue weighted by Gasteiger charge is -2.29. The Labute approximate surface area is 214 Å². The van der Waals surface area contributed by atoms with Crippen LogP contribution in [-0.2, 0) is 26.2 Å². The first-order valence-corrected chi connectivity index (χ1v) is 14.2. The summed E-state index contributed by atoms with van der Waals surface area (Å²) in [5, 5.41) is 2.83. The van der Waals surface area contributed by atoms with Crippen LogP contribution in [0.5, 0.6) is 0 Å². The zero-order valence-electron chi connectivity index (χ0n) is 21.9. The van der Waals surface area contributed by atoms with Gasteiger partial charge in [-0.1, -0.05) is 37.6 Å². The lowest BCUT2D eigenvalue weighted by molar-refractivity contribution is -0.140. The lowest BCUT2D eigenvalue weighted by Crippen LogP contribution is -2.48. The summed E-state index contributed by atoms with van der Waals surface area (Å²) in [6, 6.07) is 10.8. The predicted molar refractivity (Wildman–Crippen MR) is 142 cm³/mol. The summed E-state index contributed by atoms with van der Waals surface area (Å²) in [5.74, 6) is -1.10. The summed E-state index contributed by atoms with van der Waals surface area (Å²) in [4.78, 5) is 27.3. The zero-order chi connectivity index (χ0) is 26.9. The molecule has 0 fully saturated rings. The maximum atomic E-state index is 14.4. The third-order valence-electron chi connectivity index (χ3n) is 6.23. The molecule has 2 amide bonds. The van der Waals surface area contributed by atoms with Crippen LogP contribution in [0.4, 0.5) is 10.1 Å². The van der Waals surface area contributed by atoms with Crippen LogP contribution in [0, 0.1) is 19.7 Å². The molecule has 0 saturated carbocycles. The summed E-state index contributed by atoms with van der Waals surface area (Å²) < 4.78 is 40.6. The average Bonchev–Trinajstić information content (AvgIpc) is 2.82. The molecule has 0 heterocycles. The second-order valence-electron chi connectivity index (χ2n) is 9.14. The molecule has 0 aliphatic carbocycles. The minimum absolute atomic E-state index is 0.0118. The van der Waals surface area contributed by atoms with E-state index in [9.17, 15) is 22.4 Å². The minimum Gasteiger partial charge on any atom is -0.354 e. The van der Waals surface area contributed by atoms with Gasteiger partial charge in [-0.3, -0.25) is 13.9 Å². The van der Waals surface area contributed by atoms with Crippen molar-refractivity contribution in [3.8, 4) is 0 Å². The first-order valence-electron chi connectivity index (χ1n) is 12.3. The van der Waals surface area contributed by atoms with Gasteiger partial charge in [-0.05, 0) is 62.9 Å². The third kappa shape index (κ3) is 8.33. The molecule has 2 rings (SSSR count). The highest BCUT2D eigenvalue weighted by Crippen LogP contribution is 2.22. The Hall–Kier alpha value is -2.94. The van der Waals surface area contributed by atoms with Crippen LogP contribution in [0.1, 0.15) is 56.2 Å². The molecule has 7 nitrogen and oxygen atoms in total. The van der Waals surface area contributed by atoms with Crippen molar-refractivity contribution in [2.24, 2.45) is 0 Å². The van der Waals surface area contributed by atoms with E-state index in [1.807, 2.05) is 32.9 Å². The number of unbranched alkanes of at least 4 members (excludes halogenated alkanes) is 1. The second-order valence-corrected chi connectivity index (χ2v) is 11.0. The molecule has 0 bridgehead atoms. The Bertz CT molecular complexity index is 1150. The fourth-order valence-electron chi connectivity index (χ4n) is 3.81. The van der Waals surface area contributed by atoms with Crippen molar-refractivity contribution in [1.82, 2.24) is 10.2 Å². The smallest absolute Gasteiger partial charge is 0.242 e. The fraction of sp³-hybridized carbons (Fsp3) is 0.481. The van der Waals surface area contributed by atoms with Gasteiger partial charge in [0.15, 0.2) is 0 Å². The molecule has 0 aliphatic rings. The number of halogens is 1. The summed E-state index contributed by atoms with van der Waals surface area (Å²) in [7, 11) is -3.57. The number of aryl methyl sites for hydroxylation is 2. The Kier molecular flexibility index (Phi) is 10.9. The van der Waals surface area contributed by atoms with Crippen molar-refractivity contribution in [1.29, 1.82) is 0 Å². The molecule has 0 aromatic heterocycles. The summed E-state index contributed by atoms with van der Waals surface area (Å²) in [6.45, 7) is 8.06.